The van der Waals surface area contributed by atoms with Gasteiger partial charge in [0.1, 0.15) is 16.8 Å². The van der Waals surface area contributed by atoms with E-state index in [2.05, 4.69) is 5.32 Å². The first-order valence-corrected chi connectivity index (χ1v) is 10.0. The van der Waals surface area contributed by atoms with Crippen LogP contribution in [0.3, 0.4) is 0 Å². The fraction of sp³-hybridized carbons (Fsp3) is 0.316. The second-order valence-electron chi connectivity index (χ2n) is 6.23. The Bertz CT molecular complexity index is 871. The molecule has 1 aliphatic rings. The van der Waals surface area contributed by atoms with Crippen molar-refractivity contribution in [3.05, 3.63) is 66.0 Å². The van der Waals surface area contributed by atoms with Crippen LogP contribution < -0.4 is 5.32 Å². The molecular formula is C19H21FN2O3S. The van der Waals surface area contributed by atoms with Gasteiger partial charge < -0.3 is 5.32 Å². The van der Waals surface area contributed by atoms with E-state index in [9.17, 15) is 17.6 Å². The molecule has 7 heteroatoms. The topological polar surface area (TPSA) is 66.5 Å². The summed E-state index contributed by atoms with van der Waals surface area (Å²) in [5, 5.41) is 2.80. The van der Waals surface area contributed by atoms with Crippen LogP contribution in [0.2, 0.25) is 0 Å². The second kappa shape index (κ2) is 7.97. The maximum Gasteiger partial charge on any atom is 0.246 e. The Morgan fingerprint density at radius 3 is 2.54 bits per heavy atom. The zero-order valence-corrected chi connectivity index (χ0v) is 15.1. The van der Waals surface area contributed by atoms with Crippen molar-refractivity contribution < 1.29 is 17.6 Å². The summed E-state index contributed by atoms with van der Waals surface area (Å²) < 4.78 is 40.6. The summed E-state index contributed by atoms with van der Waals surface area (Å²) >= 11 is 0. The Morgan fingerprint density at radius 1 is 1.12 bits per heavy atom. The third-order valence-corrected chi connectivity index (χ3v) is 6.43. The van der Waals surface area contributed by atoms with Crippen LogP contribution in [0.1, 0.15) is 18.4 Å². The number of carbonyl (C=O) groups excluding carboxylic acids is 1. The molecule has 0 saturated carbocycles. The summed E-state index contributed by atoms with van der Waals surface area (Å²) in [6.45, 7) is 0.639. The molecule has 2 aromatic carbocycles. The number of sulfonamides is 1. The van der Waals surface area contributed by atoms with Crippen LogP contribution in [0.25, 0.3) is 0 Å². The molecule has 26 heavy (non-hydrogen) atoms. The van der Waals surface area contributed by atoms with Gasteiger partial charge in [0.2, 0.25) is 15.9 Å². The highest BCUT2D eigenvalue weighted by Crippen LogP contribution is 2.27. The zero-order chi connectivity index (χ0) is 18.6. The highest BCUT2D eigenvalue weighted by Gasteiger charge is 2.40. The van der Waals surface area contributed by atoms with Gasteiger partial charge in [0.15, 0.2) is 0 Å². The highest BCUT2D eigenvalue weighted by atomic mass is 32.2. The van der Waals surface area contributed by atoms with Gasteiger partial charge in [0.05, 0.1) is 0 Å². The van der Waals surface area contributed by atoms with Gasteiger partial charge in [0, 0.05) is 13.1 Å². The highest BCUT2D eigenvalue weighted by molar-refractivity contribution is 7.89. The van der Waals surface area contributed by atoms with Crippen molar-refractivity contribution >= 4 is 15.9 Å². The monoisotopic (exact) mass is 376 g/mol. The summed E-state index contributed by atoms with van der Waals surface area (Å²) in [7, 11) is -4.04. The average molecular weight is 376 g/mol. The molecule has 1 aliphatic heterocycles. The summed E-state index contributed by atoms with van der Waals surface area (Å²) in [6, 6.07) is 14.2. The van der Waals surface area contributed by atoms with Crippen molar-refractivity contribution in [2.24, 2.45) is 0 Å². The minimum Gasteiger partial charge on any atom is -0.354 e. The first kappa shape index (κ1) is 18.5. The SMILES string of the molecule is O=C(NCCc1ccccc1)C1CCCN1S(=O)(=O)c1ccccc1F. The van der Waals surface area contributed by atoms with E-state index in [-0.39, 0.29) is 17.3 Å². The number of amides is 1. The van der Waals surface area contributed by atoms with Crippen LogP contribution in [0.4, 0.5) is 4.39 Å². The molecule has 1 unspecified atom stereocenters. The van der Waals surface area contributed by atoms with Crippen molar-refractivity contribution in [3.63, 3.8) is 0 Å². The van der Waals surface area contributed by atoms with E-state index in [1.165, 1.54) is 18.2 Å². The van der Waals surface area contributed by atoms with Crippen molar-refractivity contribution in [1.82, 2.24) is 9.62 Å². The Labute approximate surface area is 152 Å². The molecule has 5 nitrogen and oxygen atoms in total. The van der Waals surface area contributed by atoms with E-state index in [4.69, 9.17) is 0 Å². The molecule has 0 aromatic heterocycles. The molecule has 0 aliphatic carbocycles. The Hall–Kier alpha value is -2.25. The van der Waals surface area contributed by atoms with Gasteiger partial charge in [-0.15, -0.1) is 0 Å². The van der Waals surface area contributed by atoms with Gasteiger partial charge in [-0.3, -0.25) is 4.79 Å². The first-order chi connectivity index (χ1) is 12.5. The van der Waals surface area contributed by atoms with E-state index in [0.29, 0.717) is 25.8 Å². The van der Waals surface area contributed by atoms with Gasteiger partial charge in [-0.05, 0) is 37.0 Å². The lowest BCUT2D eigenvalue weighted by Crippen LogP contribution is -2.46. The van der Waals surface area contributed by atoms with E-state index in [1.807, 2.05) is 30.3 Å². The number of halogens is 1. The number of benzene rings is 2. The molecular weight excluding hydrogens is 355 g/mol. The van der Waals surface area contributed by atoms with Crippen LogP contribution in [0, 0.1) is 5.82 Å². The smallest absolute Gasteiger partial charge is 0.246 e. The number of nitrogens with one attached hydrogen (secondary N) is 1. The molecule has 1 N–H and O–H groups in total. The normalized spacial score (nSPS) is 18.0. The molecule has 1 fully saturated rings. The van der Waals surface area contributed by atoms with Gasteiger partial charge in [-0.2, -0.15) is 4.31 Å². The zero-order valence-electron chi connectivity index (χ0n) is 14.3. The van der Waals surface area contributed by atoms with Gasteiger partial charge in [-0.1, -0.05) is 42.5 Å². The average Bonchev–Trinajstić information content (AvgIpc) is 3.13. The lowest BCUT2D eigenvalue weighted by molar-refractivity contribution is -0.124. The van der Waals surface area contributed by atoms with Gasteiger partial charge in [-0.25, -0.2) is 12.8 Å². The lowest BCUT2D eigenvalue weighted by atomic mass is 10.1. The van der Waals surface area contributed by atoms with Crippen molar-refractivity contribution in [1.29, 1.82) is 0 Å². The lowest BCUT2D eigenvalue weighted by Gasteiger charge is -2.23. The predicted molar refractivity (Wildman–Crippen MR) is 96.5 cm³/mol. The van der Waals surface area contributed by atoms with Crippen LogP contribution in [-0.2, 0) is 21.2 Å². The fourth-order valence-corrected chi connectivity index (χ4v) is 4.89. The third-order valence-electron chi connectivity index (χ3n) is 4.49. The Kier molecular flexibility index (Phi) is 5.68. The maximum atomic E-state index is 14.0. The van der Waals surface area contributed by atoms with Crippen molar-refractivity contribution in [2.45, 2.75) is 30.2 Å². The first-order valence-electron chi connectivity index (χ1n) is 8.58. The van der Waals surface area contributed by atoms with Crippen LogP contribution in [-0.4, -0.2) is 37.8 Å². The maximum absolute atomic E-state index is 14.0. The number of nitrogens with zero attached hydrogens (tertiary/aromatic N) is 1. The van der Waals surface area contributed by atoms with Crippen LogP contribution in [0.15, 0.2) is 59.5 Å². The molecule has 1 saturated heterocycles. The second-order valence-corrected chi connectivity index (χ2v) is 8.09. The van der Waals surface area contributed by atoms with E-state index >= 15 is 0 Å². The van der Waals surface area contributed by atoms with Gasteiger partial charge in [0.25, 0.3) is 0 Å². The number of rotatable bonds is 6. The van der Waals surface area contributed by atoms with Gasteiger partial charge >= 0.3 is 0 Å². The minimum atomic E-state index is -4.04. The molecule has 0 spiro atoms. The van der Waals surface area contributed by atoms with E-state index in [1.54, 1.807) is 0 Å². The molecule has 3 rings (SSSR count). The van der Waals surface area contributed by atoms with Crippen LogP contribution >= 0.6 is 0 Å². The number of hydrogen-bond acceptors (Lipinski definition) is 3. The summed E-state index contributed by atoms with van der Waals surface area (Å²) in [4.78, 5) is 12.1. The third kappa shape index (κ3) is 3.94. The number of hydrogen-bond donors (Lipinski definition) is 1. The van der Waals surface area contributed by atoms with Crippen molar-refractivity contribution in [3.8, 4) is 0 Å². The summed E-state index contributed by atoms with van der Waals surface area (Å²) in [6.07, 6.45) is 1.68. The molecule has 0 radical (unpaired) electrons. The molecule has 1 amide bonds. The number of carbonyl (C=O) groups is 1. The molecule has 138 valence electrons. The molecule has 2 aromatic rings. The largest absolute Gasteiger partial charge is 0.354 e. The van der Waals surface area contributed by atoms with E-state index < -0.39 is 21.9 Å². The molecule has 0 bridgehead atoms. The van der Waals surface area contributed by atoms with Crippen LogP contribution in [0.5, 0.6) is 0 Å². The van der Waals surface area contributed by atoms with Crippen molar-refractivity contribution in [2.75, 3.05) is 13.1 Å². The fourth-order valence-electron chi connectivity index (χ4n) is 3.16. The predicted octanol–water partition coefficient (Wildman–Crippen LogP) is 2.34. The molecule has 1 atom stereocenters. The summed E-state index contributed by atoms with van der Waals surface area (Å²) in [5.74, 6) is -1.14. The Balaban J connectivity index is 1.67. The summed E-state index contributed by atoms with van der Waals surface area (Å²) in [5.41, 5.74) is 1.09. The van der Waals surface area contributed by atoms with E-state index in [0.717, 1.165) is 15.9 Å². The quantitative estimate of drug-likeness (QED) is 0.842. The standard InChI is InChI=1S/C19H21FN2O3S/c20-16-9-4-5-11-18(16)26(24,25)22-14-6-10-17(22)19(23)21-13-12-15-7-2-1-3-8-15/h1-5,7-9,11,17H,6,10,12-14H2,(H,21,23). The molecule has 1 heterocycles. The minimum absolute atomic E-state index is 0.216. The Morgan fingerprint density at radius 2 is 1.81 bits per heavy atom.